The van der Waals surface area contributed by atoms with Crippen molar-refractivity contribution in [3.63, 3.8) is 0 Å². The number of nitrogens with zero attached hydrogens (tertiary/aromatic N) is 2. The number of methoxy groups -OCH3 is 1. The van der Waals surface area contributed by atoms with Gasteiger partial charge in [-0.15, -0.1) is 0 Å². The molecule has 0 saturated carbocycles. The van der Waals surface area contributed by atoms with Crippen molar-refractivity contribution in [1.29, 1.82) is 0 Å². The summed E-state index contributed by atoms with van der Waals surface area (Å²) < 4.78 is 4.90. The Kier molecular flexibility index (Phi) is 5.25. The van der Waals surface area contributed by atoms with Crippen molar-refractivity contribution >= 4 is 17.3 Å². The number of amides is 1. The molecule has 0 saturated heterocycles. The van der Waals surface area contributed by atoms with Gasteiger partial charge < -0.3 is 15.4 Å². The van der Waals surface area contributed by atoms with Gasteiger partial charge in [-0.25, -0.2) is 0 Å². The molecule has 0 aliphatic rings. The fraction of sp³-hybridized carbons (Fsp3) is 0.417. The SMILES string of the molecule is COCCCN(C)C(=O)c1cccc([N+](=O)[O-])c1N. The van der Waals surface area contributed by atoms with Gasteiger partial charge in [0.05, 0.1) is 10.5 Å². The molecule has 0 bridgehead atoms. The summed E-state index contributed by atoms with van der Waals surface area (Å²) in [5.74, 6) is -0.336. The zero-order valence-electron chi connectivity index (χ0n) is 11.0. The summed E-state index contributed by atoms with van der Waals surface area (Å²) in [6.45, 7) is 1.04. The fourth-order valence-corrected chi connectivity index (χ4v) is 1.65. The molecule has 7 heteroatoms. The van der Waals surface area contributed by atoms with Gasteiger partial charge in [-0.2, -0.15) is 0 Å². The van der Waals surface area contributed by atoms with Crippen LogP contribution in [0, 0.1) is 10.1 Å². The van der Waals surface area contributed by atoms with Crippen LogP contribution in [0.5, 0.6) is 0 Å². The number of nitro groups is 1. The molecule has 0 aliphatic carbocycles. The maximum absolute atomic E-state index is 12.1. The molecule has 0 radical (unpaired) electrons. The Morgan fingerprint density at radius 2 is 2.21 bits per heavy atom. The summed E-state index contributed by atoms with van der Waals surface area (Å²) >= 11 is 0. The highest BCUT2D eigenvalue weighted by Crippen LogP contribution is 2.25. The zero-order valence-corrected chi connectivity index (χ0v) is 11.0. The minimum Gasteiger partial charge on any atom is -0.393 e. The Hall–Kier alpha value is -2.15. The van der Waals surface area contributed by atoms with Gasteiger partial charge >= 0.3 is 0 Å². The lowest BCUT2D eigenvalue weighted by atomic mass is 10.1. The second-order valence-electron chi connectivity index (χ2n) is 4.07. The van der Waals surface area contributed by atoms with Crippen LogP contribution in [0.2, 0.25) is 0 Å². The highest BCUT2D eigenvalue weighted by molar-refractivity contribution is 6.00. The summed E-state index contributed by atoms with van der Waals surface area (Å²) in [5, 5.41) is 10.8. The van der Waals surface area contributed by atoms with Crippen molar-refractivity contribution in [2.24, 2.45) is 0 Å². The lowest BCUT2D eigenvalue weighted by Gasteiger charge is -2.17. The predicted molar refractivity (Wildman–Crippen MR) is 71.0 cm³/mol. The van der Waals surface area contributed by atoms with E-state index in [4.69, 9.17) is 10.5 Å². The summed E-state index contributed by atoms with van der Waals surface area (Å²) in [4.78, 5) is 23.7. The topological polar surface area (TPSA) is 98.7 Å². The Morgan fingerprint density at radius 1 is 1.53 bits per heavy atom. The smallest absolute Gasteiger partial charge is 0.292 e. The number of nitrogens with two attached hydrogens (primary N) is 1. The first-order valence-electron chi connectivity index (χ1n) is 5.76. The van der Waals surface area contributed by atoms with E-state index in [1.807, 2.05) is 0 Å². The first kappa shape index (κ1) is 14.9. The monoisotopic (exact) mass is 267 g/mol. The molecule has 0 spiro atoms. The summed E-state index contributed by atoms with van der Waals surface area (Å²) in [6, 6.07) is 4.21. The molecule has 0 fully saturated rings. The molecule has 0 aromatic heterocycles. The van der Waals surface area contributed by atoms with Gasteiger partial charge in [0.1, 0.15) is 5.69 Å². The van der Waals surface area contributed by atoms with Crippen LogP contribution < -0.4 is 5.73 Å². The molecule has 2 N–H and O–H groups in total. The largest absolute Gasteiger partial charge is 0.393 e. The number of benzene rings is 1. The molecular weight excluding hydrogens is 250 g/mol. The molecule has 1 aromatic carbocycles. The molecule has 1 rings (SSSR count). The maximum atomic E-state index is 12.1. The molecule has 19 heavy (non-hydrogen) atoms. The number of carbonyl (C=O) groups is 1. The molecular formula is C12H17N3O4. The quantitative estimate of drug-likeness (QED) is 0.362. The number of hydrogen-bond acceptors (Lipinski definition) is 5. The van der Waals surface area contributed by atoms with Crippen LogP contribution in [0.1, 0.15) is 16.8 Å². The average Bonchev–Trinajstić information content (AvgIpc) is 2.38. The van der Waals surface area contributed by atoms with Crippen molar-refractivity contribution in [3.8, 4) is 0 Å². The molecule has 1 aromatic rings. The van der Waals surface area contributed by atoms with Gasteiger partial charge in [-0.05, 0) is 12.5 Å². The van der Waals surface area contributed by atoms with Gasteiger partial charge in [0, 0.05) is 33.4 Å². The number of anilines is 1. The van der Waals surface area contributed by atoms with E-state index in [-0.39, 0.29) is 22.8 Å². The Morgan fingerprint density at radius 3 is 2.79 bits per heavy atom. The number of carbonyl (C=O) groups excluding carboxylic acids is 1. The molecule has 1 amide bonds. The Bertz CT molecular complexity index is 476. The zero-order chi connectivity index (χ0) is 14.4. The third-order valence-corrected chi connectivity index (χ3v) is 2.70. The first-order valence-corrected chi connectivity index (χ1v) is 5.76. The second-order valence-corrected chi connectivity index (χ2v) is 4.07. The maximum Gasteiger partial charge on any atom is 0.292 e. The average molecular weight is 267 g/mol. The van der Waals surface area contributed by atoms with E-state index in [9.17, 15) is 14.9 Å². The fourth-order valence-electron chi connectivity index (χ4n) is 1.65. The highest BCUT2D eigenvalue weighted by Gasteiger charge is 2.21. The highest BCUT2D eigenvalue weighted by atomic mass is 16.6. The lowest BCUT2D eigenvalue weighted by Crippen LogP contribution is -2.29. The number of nitro benzene ring substituents is 1. The number of rotatable bonds is 6. The number of hydrogen-bond donors (Lipinski definition) is 1. The van der Waals surface area contributed by atoms with Crippen LogP contribution in [0.15, 0.2) is 18.2 Å². The van der Waals surface area contributed by atoms with Crippen LogP contribution in [0.3, 0.4) is 0 Å². The molecule has 0 heterocycles. The van der Waals surface area contributed by atoms with Crippen LogP contribution in [0.4, 0.5) is 11.4 Å². The van der Waals surface area contributed by atoms with E-state index in [1.165, 1.54) is 23.1 Å². The van der Waals surface area contributed by atoms with Crippen molar-refractivity contribution in [2.45, 2.75) is 6.42 Å². The summed E-state index contributed by atoms with van der Waals surface area (Å²) in [5.41, 5.74) is 5.46. The lowest BCUT2D eigenvalue weighted by molar-refractivity contribution is -0.383. The third-order valence-electron chi connectivity index (χ3n) is 2.70. The summed E-state index contributed by atoms with van der Waals surface area (Å²) in [6.07, 6.45) is 0.688. The predicted octanol–water partition coefficient (Wildman–Crippen LogP) is 1.29. The minimum atomic E-state index is -0.600. The third kappa shape index (κ3) is 3.65. The standard InChI is InChI=1S/C12H17N3O4/c1-14(7-4-8-19-2)12(16)9-5-3-6-10(11(9)13)15(17)18/h3,5-6H,4,7-8,13H2,1-2H3. The van der Waals surface area contributed by atoms with Gasteiger partial charge in [0.15, 0.2) is 0 Å². The number of ether oxygens (including phenoxy) is 1. The van der Waals surface area contributed by atoms with Crippen LogP contribution >= 0.6 is 0 Å². The van der Waals surface area contributed by atoms with Crippen molar-refractivity contribution < 1.29 is 14.5 Å². The van der Waals surface area contributed by atoms with Gasteiger partial charge in [0.2, 0.25) is 0 Å². The molecule has 0 aliphatic heterocycles. The van der Waals surface area contributed by atoms with E-state index < -0.39 is 4.92 Å². The van der Waals surface area contributed by atoms with Crippen LogP contribution in [-0.2, 0) is 4.74 Å². The van der Waals surface area contributed by atoms with E-state index in [0.717, 1.165) is 0 Å². The Labute approximate surface area is 111 Å². The Balaban J connectivity index is 2.88. The first-order chi connectivity index (χ1) is 8.99. The molecule has 0 atom stereocenters. The normalized spacial score (nSPS) is 10.2. The molecule has 0 unspecified atom stereocenters. The van der Waals surface area contributed by atoms with E-state index in [1.54, 1.807) is 14.2 Å². The van der Waals surface area contributed by atoms with Gasteiger partial charge in [-0.1, -0.05) is 6.07 Å². The van der Waals surface area contributed by atoms with E-state index in [2.05, 4.69) is 0 Å². The second kappa shape index (κ2) is 6.69. The van der Waals surface area contributed by atoms with Crippen molar-refractivity contribution in [2.75, 3.05) is 33.0 Å². The number of para-hydroxylation sites is 1. The van der Waals surface area contributed by atoms with Crippen molar-refractivity contribution in [1.82, 2.24) is 4.90 Å². The van der Waals surface area contributed by atoms with E-state index in [0.29, 0.717) is 19.6 Å². The summed E-state index contributed by atoms with van der Waals surface area (Å²) in [7, 11) is 3.20. The van der Waals surface area contributed by atoms with E-state index >= 15 is 0 Å². The van der Waals surface area contributed by atoms with Crippen LogP contribution in [-0.4, -0.2) is 43.0 Å². The molecule has 104 valence electrons. The van der Waals surface area contributed by atoms with Crippen molar-refractivity contribution in [3.05, 3.63) is 33.9 Å². The van der Waals surface area contributed by atoms with Crippen LogP contribution in [0.25, 0.3) is 0 Å². The minimum absolute atomic E-state index is 0.101. The van der Waals surface area contributed by atoms with Gasteiger partial charge in [-0.3, -0.25) is 14.9 Å². The number of nitrogen functional groups attached to an aromatic ring is 1. The van der Waals surface area contributed by atoms with Gasteiger partial charge in [0.25, 0.3) is 11.6 Å². The molecule has 7 nitrogen and oxygen atoms in total.